The first-order chi connectivity index (χ1) is 62.9. The van der Waals surface area contributed by atoms with Crippen LogP contribution in [0.25, 0.3) is 254 Å². The van der Waals surface area contributed by atoms with Crippen LogP contribution in [0.1, 0.15) is 0 Å². The van der Waals surface area contributed by atoms with Crippen LogP contribution in [0.5, 0.6) is 0 Å². The lowest BCUT2D eigenvalue weighted by atomic mass is 9.86. The Labute approximate surface area is 730 Å². The Kier molecular flexibility index (Phi) is 18.0. The summed E-state index contributed by atoms with van der Waals surface area (Å²) in [6.07, 6.45) is 7.48. The molecule has 5 heterocycles. The Morgan fingerprint density at radius 2 is 0.433 bits per heavy atom. The Balaban J connectivity index is 0.000000142. The van der Waals surface area contributed by atoms with E-state index >= 15 is 0 Å². The molecule has 127 heavy (non-hydrogen) atoms. The highest BCUT2D eigenvalue weighted by molar-refractivity contribution is 6.35. The molecule has 0 bridgehead atoms. The van der Waals surface area contributed by atoms with Gasteiger partial charge in [-0.05, 0) is 250 Å². The fourth-order valence-corrected chi connectivity index (χ4v) is 19.0. The molecule has 25 aromatic rings. The van der Waals surface area contributed by atoms with Crippen molar-refractivity contribution < 1.29 is 4.42 Å². The van der Waals surface area contributed by atoms with Gasteiger partial charge in [0.2, 0.25) is 0 Å². The number of aromatic nitrogens is 8. The zero-order chi connectivity index (χ0) is 83.8. The van der Waals surface area contributed by atoms with E-state index in [4.69, 9.17) is 34.3 Å². The molecule has 9 heteroatoms. The van der Waals surface area contributed by atoms with Gasteiger partial charge in [-0.15, -0.1) is 0 Å². The molecule has 0 N–H and O–H groups in total. The monoisotopic (exact) mass is 1620 g/mol. The topological polar surface area (TPSA) is 116 Å². The number of hydrogen-bond donors (Lipinski definition) is 0. The van der Waals surface area contributed by atoms with Crippen molar-refractivity contribution in [1.29, 1.82) is 0 Å². The Hall–Kier alpha value is -17.1. The molecule has 590 valence electrons. The lowest BCUT2D eigenvalue weighted by Crippen LogP contribution is -2.01. The summed E-state index contributed by atoms with van der Waals surface area (Å²) in [6, 6.07) is 146. The van der Waals surface area contributed by atoms with E-state index in [1.165, 1.54) is 97.3 Å². The van der Waals surface area contributed by atoms with E-state index in [1.807, 2.05) is 104 Å². The van der Waals surface area contributed by atoms with Crippen molar-refractivity contribution in [3.8, 4) is 135 Å². The first-order valence-corrected chi connectivity index (χ1v) is 42.8. The normalized spacial score (nSPS) is 11.6. The van der Waals surface area contributed by atoms with Crippen LogP contribution >= 0.6 is 0 Å². The molecule has 0 aliphatic carbocycles. The van der Waals surface area contributed by atoms with Crippen molar-refractivity contribution in [2.24, 2.45) is 0 Å². The number of furan rings is 1. The van der Waals surface area contributed by atoms with Gasteiger partial charge in [0.25, 0.3) is 0 Å². The average molecular weight is 1620 g/mol. The molecular formula is C118H72N8O. The first kappa shape index (κ1) is 73.8. The van der Waals surface area contributed by atoms with Crippen molar-refractivity contribution in [3.05, 3.63) is 437 Å². The maximum absolute atomic E-state index is 6.37. The maximum Gasteiger partial charge on any atom is 0.164 e. The predicted octanol–water partition coefficient (Wildman–Crippen LogP) is 30.8. The second kappa shape index (κ2) is 31.1. The molecule has 0 aliphatic rings. The van der Waals surface area contributed by atoms with Crippen molar-refractivity contribution in [2.75, 3.05) is 0 Å². The van der Waals surface area contributed by atoms with Gasteiger partial charge in [0, 0.05) is 80.1 Å². The summed E-state index contributed by atoms with van der Waals surface area (Å²) in [5, 5.41) is 24.0. The molecule has 0 atom stereocenters. The van der Waals surface area contributed by atoms with E-state index in [1.54, 1.807) is 0 Å². The zero-order valence-corrected chi connectivity index (χ0v) is 68.6. The van der Waals surface area contributed by atoms with Crippen LogP contribution in [-0.2, 0) is 0 Å². The van der Waals surface area contributed by atoms with Crippen LogP contribution in [0.15, 0.2) is 442 Å². The van der Waals surface area contributed by atoms with Crippen molar-refractivity contribution in [3.63, 3.8) is 0 Å². The SMILES string of the molecule is c1ccc(-c2ccc3oc4ccc(-c5nc(-c6ccccc6)nc(-c6cc(-c7cccnc7)cc(-c7cc8c9ccccc9c9ccccc9c8c8ccccc78)c6)n5)cc4c3c2)cc1.c1ccc(-c2nc(-c3cc(-c4cccnc4)cc(-c4cc5c6ccccc6c6ccccc6c5c5ccccc45)c3)nc(-c3ccc(-c4ccccc4)c4ccccc34)n2)cc1. The lowest BCUT2D eigenvalue weighted by Gasteiger charge is -2.17. The highest BCUT2D eigenvalue weighted by Gasteiger charge is 2.25. The fourth-order valence-electron chi connectivity index (χ4n) is 19.0. The van der Waals surface area contributed by atoms with Crippen LogP contribution in [0.2, 0.25) is 0 Å². The number of benzene rings is 20. The van der Waals surface area contributed by atoms with E-state index in [2.05, 4.69) is 344 Å². The maximum atomic E-state index is 6.37. The van der Waals surface area contributed by atoms with Crippen LogP contribution in [0, 0.1) is 0 Å². The quantitative estimate of drug-likeness (QED) is 0.110. The van der Waals surface area contributed by atoms with Crippen LogP contribution in [-0.4, -0.2) is 39.9 Å². The van der Waals surface area contributed by atoms with Crippen LogP contribution in [0.4, 0.5) is 0 Å². The summed E-state index contributed by atoms with van der Waals surface area (Å²) in [5.41, 5.74) is 20.1. The third-order valence-electron chi connectivity index (χ3n) is 24.9. The Morgan fingerprint density at radius 3 is 0.858 bits per heavy atom. The standard InChI is InChI=1S/C60H36N4O.C58H36N4/c1-3-14-37(15-4-1)39-25-27-55-52(33-39)53-34-40(26-28-56(53)65-55)59-62-58(38-16-5-2-6-17-38)63-60(64-59)44-31-42(41-18-13-29-61-36-41)30-43(32-44)51-35-54-47-21-8-7-19-45(47)46-20-9-11-23-49(46)57(54)50-24-12-10-22-48(50)51;1-3-16-37(17-4-1)43-29-30-52(47-24-9-7-21-44(43)47)58-61-56(38-18-5-2-6-19-38)60-57(62-58)42-33-40(39-20-15-31-59-36-39)32-41(34-42)53-35-54-48-25-10-8-22-45(48)46-23-11-13-27-50(46)55(54)51-28-14-12-26-49(51)53/h1-36H;1-36H. The lowest BCUT2D eigenvalue weighted by molar-refractivity contribution is 0.669. The molecule has 9 nitrogen and oxygen atoms in total. The van der Waals surface area contributed by atoms with Gasteiger partial charge >= 0.3 is 0 Å². The molecular weight excluding hydrogens is 1550 g/mol. The number of hydrogen-bond acceptors (Lipinski definition) is 9. The molecule has 20 aromatic carbocycles. The number of nitrogens with zero attached hydrogens (tertiary/aromatic N) is 8. The van der Waals surface area contributed by atoms with E-state index in [9.17, 15) is 0 Å². The average Bonchev–Trinajstić information content (AvgIpc) is 1.20. The van der Waals surface area contributed by atoms with E-state index < -0.39 is 0 Å². The summed E-state index contributed by atoms with van der Waals surface area (Å²) >= 11 is 0. The minimum absolute atomic E-state index is 0.575. The van der Waals surface area contributed by atoms with Gasteiger partial charge in [-0.1, -0.05) is 315 Å². The second-order valence-electron chi connectivity index (χ2n) is 32.4. The molecule has 0 amide bonds. The van der Waals surface area contributed by atoms with E-state index in [-0.39, 0.29) is 0 Å². The fraction of sp³-hybridized carbons (Fsp3) is 0. The van der Waals surface area contributed by atoms with Crippen molar-refractivity contribution in [2.45, 2.75) is 0 Å². The van der Waals surface area contributed by atoms with E-state index in [0.717, 1.165) is 122 Å². The minimum atomic E-state index is 0.575. The molecule has 0 spiro atoms. The molecule has 5 aromatic heterocycles. The summed E-state index contributed by atoms with van der Waals surface area (Å²) in [6.45, 7) is 0. The van der Waals surface area contributed by atoms with Crippen LogP contribution in [0.3, 0.4) is 0 Å². The third kappa shape index (κ3) is 13.2. The largest absolute Gasteiger partial charge is 0.456 e. The van der Waals surface area contributed by atoms with Gasteiger partial charge in [0.1, 0.15) is 11.2 Å². The van der Waals surface area contributed by atoms with Gasteiger partial charge in [-0.2, -0.15) is 0 Å². The Bertz CT molecular complexity index is 8690. The second-order valence-corrected chi connectivity index (χ2v) is 32.4. The van der Waals surface area contributed by atoms with Gasteiger partial charge < -0.3 is 4.42 Å². The number of rotatable bonds is 12. The summed E-state index contributed by atoms with van der Waals surface area (Å²) in [7, 11) is 0. The molecule has 0 radical (unpaired) electrons. The zero-order valence-electron chi connectivity index (χ0n) is 68.6. The summed E-state index contributed by atoms with van der Waals surface area (Å²) in [5.74, 6) is 3.57. The molecule has 0 aliphatic heterocycles. The van der Waals surface area contributed by atoms with Gasteiger partial charge in [0.15, 0.2) is 34.9 Å². The Morgan fingerprint density at radius 1 is 0.142 bits per heavy atom. The third-order valence-corrected chi connectivity index (χ3v) is 24.9. The smallest absolute Gasteiger partial charge is 0.164 e. The highest BCUT2D eigenvalue weighted by atomic mass is 16.3. The first-order valence-electron chi connectivity index (χ1n) is 42.8. The van der Waals surface area contributed by atoms with Gasteiger partial charge in [-0.3, -0.25) is 9.97 Å². The number of fused-ring (bicyclic) bond motifs is 20. The number of pyridine rings is 2. The molecule has 25 rings (SSSR count). The van der Waals surface area contributed by atoms with Gasteiger partial charge in [-0.25, -0.2) is 29.9 Å². The summed E-state index contributed by atoms with van der Waals surface area (Å²) in [4.78, 5) is 40.7. The highest BCUT2D eigenvalue weighted by Crippen LogP contribution is 2.49. The summed E-state index contributed by atoms with van der Waals surface area (Å²) < 4.78 is 6.37. The van der Waals surface area contributed by atoms with E-state index in [0.29, 0.717) is 34.9 Å². The van der Waals surface area contributed by atoms with Crippen LogP contribution < -0.4 is 0 Å². The molecule has 0 saturated heterocycles. The molecule has 0 fully saturated rings. The van der Waals surface area contributed by atoms with Crippen molar-refractivity contribution in [1.82, 2.24) is 39.9 Å². The van der Waals surface area contributed by atoms with Crippen molar-refractivity contribution >= 4 is 119 Å². The molecule has 0 saturated carbocycles. The predicted molar refractivity (Wildman–Crippen MR) is 525 cm³/mol. The van der Waals surface area contributed by atoms with Gasteiger partial charge in [0.05, 0.1) is 0 Å². The molecule has 0 unspecified atom stereocenters. The minimum Gasteiger partial charge on any atom is -0.456 e.